The zero-order chi connectivity index (χ0) is 29.1. The van der Waals surface area contributed by atoms with E-state index in [4.69, 9.17) is 9.47 Å². The van der Waals surface area contributed by atoms with Crippen molar-refractivity contribution in [3.8, 4) is 5.75 Å². The van der Waals surface area contributed by atoms with Crippen LogP contribution >= 0.6 is 11.3 Å². The molecule has 0 saturated carbocycles. The molecule has 0 radical (unpaired) electrons. The Morgan fingerprint density at radius 3 is 2.52 bits per heavy atom. The summed E-state index contributed by atoms with van der Waals surface area (Å²) < 4.78 is 36.5. The van der Waals surface area contributed by atoms with Gasteiger partial charge >= 0.3 is 12.1 Å². The fraction of sp³-hybridized carbons (Fsp3) is 0.385. The van der Waals surface area contributed by atoms with Gasteiger partial charge in [0.15, 0.2) is 14.9 Å². The maximum atomic E-state index is 13.1. The molecule has 12 nitrogen and oxygen atoms in total. The monoisotopic (exact) mass is 589 g/mol. The van der Waals surface area contributed by atoms with Crippen LogP contribution in [0.1, 0.15) is 30.7 Å². The van der Waals surface area contributed by atoms with Gasteiger partial charge < -0.3 is 24.6 Å². The Kier molecular flexibility index (Phi) is 6.75. The van der Waals surface area contributed by atoms with Gasteiger partial charge in [-0.15, -0.1) is 11.3 Å². The van der Waals surface area contributed by atoms with Crippen LogP contribution in [0.15, 0.2) is 47.5 Å². The molecular weight excluding hydrogens is 562 g/mol. The first-order valence-corrected chi connectivity index (χ1v) is 15.0. The van der Waals surface area contributed by atoms with E-state index in [9.17, 15) is 33.0 Å². The SMILES string of the molecule is Cc1ccc(OC(=O)OCC[C@@]2(C)C(c3cn4cnc(S(C)(=O)=O)c4s3)=C(C(=O)O)N3C(=O)[C@H](C(C)O)[C@@H]32)cc1. The zero-order valence-electron chi connectivity index (χ0n) is 22.0. The Labute approximate surface area is 233 Å². The predicted molar refractivity (Wildman–Crippen MR) is 142 cm³/mol. The molecule has 5 rings (SSSR count). The number of carboxylic acids is 1. The average molecular weight is 590 g/mol. The molecule has 2 aromatic heterocycles. The maximum Gasteiger partial charge on any atom is 0.513 e. The van der Waals surface area contributed by atoms with E-state index in [1.54, 1.807) is 37.4 Å². The third-order valence-corrected chi connectivity index (χ3v) is 9.66. The number of imidazole rings is 1. The summed E-state index contributed by atoms with van der Waals surface area (Å²) in [5.41, 5.74) is -0.0734. The van der Waals surface area contributed by atoms with Crippen molar-refractivity contribution in [2.45, 2.75) is 44.4 Å². The summed E-state index contributed by atoms with van der Waals surface area (Å²) >= 11 is 1.03. The van der Waals surface area contributed by atoms with Gasteiger partial charge in [0.2, 0.25) is 5.91 Å². The number of rotatable bonds is 8. The van der Waals surface area contributed by atoms with Crippen molar-refractivity contribution < 1.29 is 42.5 Å². The minimum Gasteiger partial charge on any atom is -0.477 e. The number of hydrogen-bond acceptors (Lipinski definition) is 10. The number of aliphatic carboxylic acids is 1. The van der Waals surface area contributed by atoms with E-state index in [0.29, 0.717) is 15.5 Å². The molecule has 0 spiro atoms. The summed E-state index contributed by atoms with van der Waals surface area (Å²) in [6, 6.07) is 6.07. The van der Waals surface area contributed by atoms with Crippen molar-refractivity contribution >= 4 is 49.6 Å². The van der Waals surface area contributed by atoms with E-state index in [1.807, 2.05) is 6.92 Å². The van der Waals surface area contributed by atoms with Crippen molar-refractivity contribution in [2.75, 3.05) is 12.9 Å². The molecule has 1 fully saturated rings. The number of aliphatic hydroxyl groups excluding tert-OH is 1. The predicted octanol–water partition coefficient (Wildman–Crippen LogP) is 2.74. The summed E-state index contributed by atoms with van der Waals surface area (Å²) in [5, 5.41) is 20.5. The van der Waals surface area contributed by atoms with Crippen molar-refractivity contribution in [3.63, 3.8) is 0 Å². The molecular formula is C26H27N3O9S2. The fourth-order valence-electron chi connectivity index (χ4n) is 5.56. The second-order valence-corrected chi connectivity index (χ2v) is 13.2. The lowest BCUT2D eigenvalue weighted by Gasteiger charge is -2.50. The Morgan fingerprint density at radius 2 is 1.93 bits per heavy atom. The normalized spacial score (nSPS) is 23.2. The van der Waals surface area contributed by atoms with Gasteiger partial charge in [0, 0.05) is 23.4 Å². The van der Waals surface area contributed by atoms with Crippen LogP contribution in [0.5, 0.6) is 5.75 Å². The molecule has 14 heteroatoms. The highest BCUT2D eigenvalue weighted by atomic mass is 32.2. The molecule has 4 atom stereocenters. The van der Waals surface area contributed by atoms with E-state index < -0.39 is 51.3 Å². The van der Waals surface area contributed by atoms with E-state index in [0.717, 1.165) is 23.2 Å². The van der Waals surface area contributed by atoms with Gasteiger partial charge in [-0.1, -0.05) is 24.6 Å². The number of carbonyl (C=O) groups is 3. The molecule has 4 heterocycles. The van der Waals surface area contributed by atoms with E-state index >= 15 is 0 Å². The summed E-state index contributed by atoms with van der Waals surface area (Å²) in [4.78, 5) is 43.8. The molecule has 1 saturated heterocycles. The fourth-order valence-corrected chi connectivity index (χ4v) is 7.95. The number of amides is 1. The van der Waals surface area contributed by atoms with E-state index in [1.165, 1.54) is 22.6 Å². The lowest BCUT2D eigenvalue weighted by Crippen LogP contribution is -2.66. The summed E-state index contributed by atoms with van der Waals surface area (Å²) in [6.45, 7) is 4.93. The first-order chi connectivity index (χ1) is 18.7. The molecule has 1 unspecified atom stereocenters. The zero-order valence-corrected chi connectivity index (χ0v) is 23.7. The highest BCUT2D eigenvalue weighted by Gasteiger charge is 2.66. The number of nitrogens with zero attached hydrogens (tertiary/aromatic N) is 3. The highest BCUT2D eigenvalue weighted by Crippen LogP contribution is 2.60. The number of thiazole rings is 1. The standard InChI is InChI=1S/C26H27N3O9S2/c1-13-5-7-15(8-6-13)38-25(34)37-10-9-26(3)18(16-11-28-12-27-21(23(28)39-16)40(4,35)36)19(24(32)33)29-20(26)17(14(2)30)22(29)31/h5-8,11-12,14,17,20,30H,9-10H2,1-4H3,(H,32,33)/t14?,17-,20-,26+/m1/s1. The minimum atomic E-state index is -3.67. The smallest absolute Gasteiger partial charge is 0.477 e. The molecule has 2 aliphatic heterocycles. The van der Waals surface area contributed by atoms with Gasteiger partial charge in [-0.2, -0.15) is 0 Å². The third kappa shape index (κ3) is 4.45. The second kappa shape index (κ2) is 9.71. The quantitative estimate of drug-likeness (QED) is 0.227. The molecule has 1 amide bonds. The van der Waals surface area contributed by atoms with Crippen LogP contribution in [0.2, 0.25) is 0 Å². The summed E-state index contributed by atoms with van der Waals surface area (Å²) in [5.74, 6) is -2.46. The number of sulfone groups is 1. The molecule has 0 bridgehead atoms. The number of aryl methyl sites for hydroxylation is 1. The van der Waals surface area contributed by atoms with Crippen LogP contribution in [-0.2, 0) is 24.2 Å². The first kappa shape index (κ1) is 27.8. The molecule has 1 aromatic carbocycles. The number of hydrogen-bond donors (Lipinski definition) is 2. The number of aromatic nitrogens is 2. The Balaban J connectivity index is 1.51. The Morgan fingerprint density at radius 1 is 1.25 bits per heavy atom. The minimum absolute atomic E-state index is 0.0871. The van der Waals surface area contributed by atoms with Crippen LogP contribution in [0, 0.1) is 18.3 Å². The van der Waals surface area contributed by atoms with Crippen molar-refractivity contribution in [2.24, 2.45) is 11.3 Å². The number of β-lactam (4-membered cyclic amide) rings is 1. The van der Waals surface area contributed by atoms with E-state index in [2.05, 4.69) is 4.98 Å². The number of aliphatic hydroxyl groups is 1. The second-order valence-electron chi connectivity index (χ2n) is 10.3. The van der Waals surface area contributed by atoms with Gasteiger partial charge in [0.1, 0.15) is 22.6 Å². The van der Waals surface area contributed by atoms with E-state index in [-0.39, 0.29) is 29.3 Å². The number of fused-ring (bicyclic) bond motifs is 2. The van der Waals surface area contributed by atoms with Crippen LogP contribution in [0.3, 0.4) is 0 Å². The van der Waals surface area contributed by atoms with Gasteiger partial charge in [-0.3, -0.25) is 9.20 Å². The lowest BCUT2D eigenvalue weighted by molar-refractivity contribution is -0.167. The molecule has 2 N–H and O–H groups in total. The number of ether oxygens (including phenoxy) is 2. The topological polar surface area (TPSA) is 165 Å². The van der Waals surface area contributed by atoms with Gasteiger partial charge in [0.25, 0.3) is 0 Å². The van der Waals surface area contributed by atoms with Gasteiger partial charge in [-0.25, -0.2) is 23.0 Å². The van der Waals surface area contributed by atoms with Crippen molar-refractivity contribution in [1.82, 2.24) is 14.3 Å². The molecule has 40 heavy (non-hydrogen) atoms. The van der Waals surface area contributed by atoms with Crippen LogP contribution in [-0.4, -0.2) is 76.0 Å². The van der Waals surface area contributed by atoms with Crippen LogP contribution in [0.4, 0.5) is 4.79 Å². The Bertz CT molecular complexity index is 1670. The maximum absolute atomic E-state index is 13.1. The number of carbonyl (C=O) groups excluding carboxylic acids is 2. The average Bonchev–Trinajstić information content (AvgIpc) is 3.48. The number of benzene rings is 1. The largest absolute Gasteiger partial charge is 0.513 e. The summed E-state index contributed by atoms with van der Waals surface area (Å²) in [6.07, 6.45) is 2.00. The van der Waals surface area contributed by atoms with Crippen molar-refractivity contribution in [3.05, 3.63) is 52.9 Å². The summed E-state index contributed by atoms with van der Waals surface area (Å²) in [7, 11) is -3.67. The first-order valence-electron chi connectivity index (χ1n) is 12.3. The van der Waals surface area contributed by atoms with Crippen LogP contribution in [0.25, 0.3) is 10.4 Å². The molecule has 0 aliphatic carbocycles. The third-order valence-electron chi connectivity index (χ3n) is 7.41. The molecule has 3 aromatic rings. The molecule has 212 valence electrons. The number of carboxylic acid groups (broad SMARTS) is 1. The van der Waals surface area contributed by atoms with Gasteiger partial charge in [-0.05, 0) is 32.4 Å². The highest BCUT2D eigenvalue weighted by molar-refractivity contribution is 7.91. The van der Waals surface area contributed by atoms with Crippen molar-refractivity contribution in [1.29, 1.82) is 0 Å². The van der Waals surface area contributed by atoms with Crippen LogP contribution < -0.4 is 4.74 Å². The van der Waals surface area contributed by atoms with Gasteiger partial charge in [0.05, 0.1) is 29.5 Å². The Hall–Kier alpha value is -3.75. The lowest BCUT2D eigenvalue weighted by atomic mass is 9.66. The molecule has 2 aliphatic rings.